The van der Waals surface area contributed by atoms with E-state index in [4.69, 9.17) is 0 Å². The van der Waals surface area contributed by atoms with E-state index in [2.05, 4.69) is 52.1 Å². The fraction of sp³-hybridized carbons (Fsp3) is 0.647. The van der Waals surface area contributed by atoms with Crippen molar-refractivity contribution in [1.29, 1.82) is 0 Å². The molecule has 0 radical (unpaired) electrons. The molecule has 0 bridgehead atoms. The normalized spacial score (nSPS) is 12.7. The van der Waals surface area contributed by atoms with Gasteiger partial charge >= 0.3 is 0 Å². The van der Waals surface area contributed by atoms with E-state index in [0.717, 1.165) is 19.0 Å². The highest BCUT2D eigenvalue weighted by Crippen LogP contribution is 2.22. The lowest BCUT2D eigenvalue weighted by molar-refractivity contribution is 0.443. The van der Waals surface area contributed by atoms with Crippen LogP contribution in [0.25, 0.3) is 0 Å². The molecule has 1 nitrogen and oxygen atoms in total. The van der Waals surface area contributed by atoms with Gasteiger partial charge in [-0.3, -0.25) is 0 Å². The van der Waals surface area contributed by atoms with Gasteiger partial charge in [0.15, 0.2) is 0 Å². The summed E-state index contributed by atoms with van der Waals surface area (Å²) in [7, 11) is 0. The van der Waals surface area contributed by atoms with E-state index in [1.165, 1.54) is 36.0 Å². The molecule has 1 N–H and O–H groups in total. The van der Waals surface area contributed by atoms with Crippen molar-refractivity contribution in [3.63, 3.8) is 0 Å². The van der Waals surface area contributed by atoms with Crippen LogP contribution in [0.15, 0.2) is 12.1 Å². The molecule has 18 heavy (non-hydrogen) atoms. The molecule has 1 aromatic carbocycles. The second-order valence-corrected chi connectivity index (χ2v) is 5.54. The van der Waals surface area contributed by atoms with Gasteiger partial charge in [0.2, 0.25) is 0 Å². The molecule has 1 heteroatoms. The molecule has 0 heterocycles. The maximum atomic E-state index is 3.50. The maximum Gasteiger partial charge on any atom is -0.00175 e. The third-order valence-electron chi connectivity index (χ3n) is 3.71. The highest BCUT2D eigenvalue weighted by Gasteiger charge is 2.12. The highest BCUT2D eigenvalue weighted by atomic mass is 14.8. The minimum atomic E-state index is 0.773. The molecule has 0 fully saturated rings. The Morgan fingerprint density at radius 1 is 1.06 bits per heavy atom. The first kappa shape index (κ1) is 15.2. The Morgan fingerprint density at radius 2 is 1.67 bits per heavy atom. The van der Waals surface area contributed by atoms with E-state index in [1.807, 2.05) is 0 Å². The van der Waals surface area contributed by atoms with Crippen molar-refractivity contribution in [2.75, 3.05) is 13.1 Å². The first-order chi connectivity index (χ1) is 8.58. The van der Waals surface area contributed by atoms with Crippen molar-refractivity contribution >= 4 is 0 Å². The lowest BCUT2D eigenvalue weighted by atomic mass is 9.89. The summed E-state index contributed by atoms with van der Waals surface area (Å²) in [5.41, 5.74) is 5.87. The zero-order valence-corrected chi connectivity index (χ0v) is 12.8. The molecule has 1 unspecified atom stereocenters. The predicted molar refractivity (Wildman–Crippen MR) is 81.3 cm³/mol. The van der Waals surface area contributed by atoms with E-state index >= 15 is 0 Å². The summed E-state index contributed by atoms with van der Waals surface area (Å²) in [6.45, 7) is 13.4. The lowest BCUT2D eigenvalue weighted by Gasteiger charge is -2.20. The highest BCUT2D eigenvalue weighted by molar-refractivity contribution is 5.37. The summed E-state index contributed by atoms with van der Waals surface area (Å²) in [6.07, 6.45) is 3.82. The standard InChI is InChI=1S/C17H29N/c1-6-8-16(12-18-7-2)11-17-14(4)9-13(3)10-15(17)5/h9-10,16,18H,6-8,11-12H2,1-5H3. The minimum Gasteiger partial charge on any atom is -0.317 e. The van der Waals surface area contributed by atoms with Crippen molar-refractivity contribution in [2.24, 2.45) is 5.92 Å². The molecule has 0 saturated carbocycles. The molecule has 1 atom stereocenters. The van der Waals surface area contributed by atoms with Gasteiger partial charge in [-0.1, -0.05) is 38.0 Å². The summed E-state index contributed by atoms with van der Waals surface area (Å²) >= 11 is 0. The fourth-order valence-electron chi connectivity index (χ4n) is 2.85. The van der Waals surface area contributed by atoms with Gasteiger partial charge in [-0.05, 0) is 69.3 Å². The number of nitrogens with one attached hydrogen (secondary N) is 1. The van der Waals surface area contributed by atoms with Gasteiger partial charge in [0.05, 0.1) is 0 Å². The van der Waals surface area contributed by atoms with Crippen molar-refractivity contribution in [3.05, 3.63) is 34.4 Å². The van der Waals surface area contributed by atoms with Crippen LogP contribution in [-0.2, 0) is 6.42 Å². The molecular weight excluding hydrogens is 218 g/mol. The molecule has 0 saturated heterocycles. The van der Waals surface area contributed by atoms with Crippen LogP contribution in [0.2, 0.25) is 0 Å². The van der Waals surface area contributed by atoms with Gasteiger partial charge < -0.3 is 5.32 Å². The summed E-state index contributed by atoms with van der Waals surface area (Å²) < 4.78 is 0. The van der Waals surface area contributed by atoms with Gasteiger partial charge in [-0.2, -0.15) is 0 Å². The summed E-state index contributed by atoms with van der Waals surface area (Å²) in [5.74, 6) is 0.773. The molecule has 0 aliphatic carbocycles. The number of hydrogen-bond acceptors (Lipinski definition) is 1. The Hall–Kier alpha value is -0.820. The van der Waals surface area contributed by atoms with Crippen molar-refractivity contribution in [1.82, 2.24) is 5.32 Å². The second kappa shape index (κ2) is 7.58. The Kier molecular flexibility index (Phi) is 6.42. The van der Waals surface area contributed by atoms with Crippen LogP contribution < -0.4 is 5.32 Å². The van der Waals surface area contributed by atoms with Crippen molar-refractivity contribution in [3.8, 4) is 0 Å². The van der Waals surface area contributed by atoms with Crippen LogP contribution in [-0.4, -0.2) is 13.1 Å². The van der Waals surface area contributed by atoms with E-state index in [0.29, 0.717) is 0 Å². The third-order valence-corrected chi connectivity index (χ3v) is 3.71. The third kappa shape index (κ3) is 4.45. The SMILES string of the molecule is CCCC(CNCC)Cc1c(C)cc(C)cc1C. The summed E-state index contributed by atoms with van der Waals surface area (Å²) in [4.78, 5) is 0. The quantitative estimate of drug-likeness (QED) is 0.762. The molecule has 1 rings (SSSR count). The van der Waals surface area contributed by atoms with Crippen LogP contribution in [0.5, 0.6) is 0 Å². The van der Waals surface area contributed by atoms with Gasteiger partial charge in [-0.15, -0.1) is 0 Å². The Labute approximate surface area is 113 Å². The average molecular weight is 247 g/mol. The fourth-order valence-corrected chi connectivity index (χ4v) is 2.85. The molecule has 0 amide bonds. The van der Waals surface area contributed by atoms with Gasteiger partial charge in [0, 0.05) is 0 Å². The van der Waals surface area contributed by atoms with E-state index in [-0.39, 0.29) is 0 Å². The summed E-state index contributed by atoms with van der Waals surface area (Å²) in [5, 5.41) is 3.50. The van der Waals surface area contributed by atoms with Gasteiger partial charge in [-0.25, -0.2) is 0 Å². The Morgan fingerprint density at radius 3 is 2.17 bits per heavy atom. The van der Waals surface area contributed by atoms with Gasteiger partial charge in [0.25, 0.3) is 0 Å². The van der Waals surface area contributed by atoms with Crippen molar-refractivity contribution < 1.29 is 0 Å². The number of hydrogen-bond donors (Lipinski definition) is 1. The lowest BCUT2D eigenvalue weighted by Crippen LogP contribution is -2.24. The van der Waals surface area contributed by atoms with E-state index in [1.54, 1.807) is 5.56 Å². The molecule has 102 valence electrons. The smallest absolute Gasteiger partial charge is 0.00175 e. The first-order valence-electron chi connectivity index (χ1n) is 7.35. The molecule has 0 aromatic heterocycles. The van der Waals surface area contributed by atoms with Crippen LogP contribution in [0.3, 0.4) is 0 Å². The molecular formula is C17H29N. The zero-order chi connectivity index (χ0) is 13.5. The Balaban J connectivity index is 2.79. The monoisotopic (exact) mass is 247 g/mol. The van der Waals surface area contributed by atoms with Crippen LogP contribution >= 0.6 is 0 Å². The topological polar surface area (TPSA) is 12.0 Å². The van der Waals surface area contributed by atoms with Crippen molar-refractivity contribution in [2.45, 2.75) is 53.9 Å². The number of benzene rings is 1. The van der Waals surface area contributed by atoms with E-state index in [9.17, 15) is 0 Å². The second-order valence-electron chi connectivity index (χ2n) is 5.54. The van der Waals surface area contributed by atoms with E-state index < -0.39 is 0 Å². The number of aryl methyl sites for hydroxylation is 3. The zero-order valence-electron chi connectivity index (χ0n) is 12.8. The number of rotatable bonds is 7. The van der Waals surface area contributed by atoms with Crippen LogP contribution in [0.4, 0.5) is 0 Å². The molecule has 0 aliphatic rings. The predicted octanol–water partition coefficient (Wildman–Crippen LogP) is 4.18. The summed E-state index contributed by atoms with van der Waals surface area (Å²) in [6, 6.07) is 4.64. The van der Waals surface area contributed by atoms with Crippen LogP contribution in [0.1, 0.15) is 48.9 Å². The maximum absolute atomic E-state index is 3.50. The minimum absolute atomic E-state index is 0.773. The Bertz CT molecular complexity index is 345. The molecule has 0 aliphatic heterocycles. The molecule has 0 spiro atoms. The first-order valence-corrected chi connectivity index (χ1v) is 7.35. The van der Waals surface area contributed by atoms with Gasteiger partial charge in [0.1, 0.15) is 0 Å². The molecule has 1 aromatic rings. The van der Waals surface area contributed by atoms with Crippen LogP contribution in [0, 0.1) is 26.7 Å². The average Bonchev–Trinajstić information content (AvgIpc) is 2.30. The largest absolute Gasteiger partial charge is 0.317 e.